The summed E-state index contributed by atoms with van der Waals surface area (Å²) in [6.07, 6.45) is 4.91. The van der Waals surface area contributed by atoms with E-state index >= 15 is 0 Å². The summed E-state index contributed by atoms with van der Waals surface area (Å²) in [6.45, 7) is 12.4. The predicted molar refractivity (Wildman–Crippen MR) is 192 cm³/mol. The van der Waals surface area contributed by atoms with Crippen molar-refractivity contribution in [1.82, 2.24) is 9.97 Å². The van der Waals surface area contributed by atoms with E-state index in [1.165, 1.54) is 37.7 Å². The molecule has 4 aromatic carbocycles. The van der Waals surface area contributed by atoms with Gasteiger partial charge in [-0.25, -0.2) is 4.98 Å². The number of fused-ring (bicyclic) bond motifs is 5. The first-order valence-corrected chi connectivity index (χ1v) is 17.1. The van der Waals surface area contributed by atoms with Gasteiger partial charge in [-0.05, 0) is 48.6 Å². The third kappa shape index (κ3) is 7.57. The summed E-state index contributed by atoms with van der Waals surface area (Å²) in [4.78, 5) is 21.7. The second-order valence-corrected chi connectivity index (χ2v) is 13.1. The Balaban J connectivity index is 0.000000259. The Hall–Kier alpha value is -3.44. The van der Waals surface area contributed by atoms with Gasteiger partial charge in [0.05, 0.1) is 11.3 Å². The number of aliphatic hydroxyl groups excluding tert-OH is 1. The van der Waals surface area contributed by atoms with E-state index in [1.807, 2.05) is 27.7 Å². The maximum Gasteiger partial charge on any atom is 0.162 e. The molecule has 6 heteroatoms. The van der Waals surface area contributed by atoms with Gasteiger partial charge >= 0.3 is 0 Å². The van der Waals surface area contributed by atoms with Gasteiger partial charge in [-0.15, -0.1) is 40.5 Å². The van der Waals surface area contributed by atoms with Crippen molar-refractivity contribution in [2.24, 2.45) is 11.8 Å². The Kier molecular flexibility index (Phi) is 12.2. The Morgan fingerprint density at radius 3 is 1.98 bits per heavy atom. The number of benzene rings is 4. The quantitative estimate of drug-likeness (QED) is 0.0898. The molecule has 0 aliphatic carbocycles. The fraction of sp³-hybridized carbons (Fsp3) is 0.325. The van der Waals surface area contributed by atoms with Crippen LogP contribution in [0.2, 0.25) is 0 Å². The van der Waals surface area contributed by atoms with Crippen molar-refractivity contribution in [2.45, 2.75) is 73.1 Å². The molecule has 0 saturated heterocycles. The number of aromatic nitrogens is 2. The van der Waals surface area contributed by atoms with Crippen LogP contribution in [-0.4, -0.2) is 20.9 Å². The topological polar surface area (TPSA) is 63.1 Å². The molecular weight excluding hydrogens is 765 g/mol. The van der Waals surface area contributed by atoms with Crippen molar-refractivity contribution in [3.63, 3.8) is 0 Å². The third-order valence-corrected chi connectivity index (χ3v) is 9.88. The van der Waals surface area contributed by atoms with Gasteiger partial charge in [0.25, 0.3) is 0 Å². The zero-order valence-electron chi connectivity index (χ0n) is 27.6. The normalized spacial score (nSPS) is 11.9. The Morgan fingerprint density at radius 2 is 1.39 bits per heavy atom. The summed E-state index contributed by atoms with van der Waals surface area (Å²) in [5, 5.41) is 15.9. The first-order valence-electron chi connectivity index (χ1n) is 16.3. The largest absolute Gasteiger partial charge is 0.512 e. The minimum atomic E-state index is 0. The summed E-state index contributed by atoms with van der Waals surface area (Å²) in [5.41, 5.74) is 3.06. The molecule has 6 rings (SSSR count). The fourth-order valence-electron chi connectivity index (χ4n) is 5.83. The average Bonchev–Trinajstić information content (AvgIpc) is 3.41. The van der Waals surface area contributed by atoms with E-state index in [9.17, 15) is 9.90 Å². The van der Waals surface area contributed by atoms with E-state index in [4.69, 9.17) is 9.97 Å². The molecule has 6 aromatic rings. The number of allylic oxidation sites excluding steroid dienone is 2. The summed E-state index contributed by atoms with van der Waals surface area (Å²) in [7, 11) is 0. The molecule has 4 nitrogen and oxygen atoms in total. The number of rotatable bonds is 9. The number of thiophene rings is 1. The molecule has 0 fully saturated rings. The number of aliphatic hydroxyl groups is 1. The number of carbonyl (C=O) groups excluding carboxylic acids is 1. The Morgan fingerprint density at radius 1 is 0.826 bits per heavy atom. The summed E-state index contributed by atoms with van der Waals surface area (Å²) >= 11 is 1.78. The molecule has 241 valence electrons. The molecule has 2 heterocycles. The van der Waals surface area contributed by atoms with Crippen molar-refractivity contribution < 1.29 is 30.0 Å². The van der Waals surface area contributed by atoms with E-state index in [1.54, 1.807) is 11.3 Å². The average molecular weight is 808 g/mol. The molecule has 0 aliphatic rings. The minimum Gasteiger partial charge on any atom is -0.512 e. The zero-order chi connectivity index (χ0) is 32.1. The smallest absolute Gasteiger partial charge is 0.162 e. The van der Waals surface area contributed by atoms with Crippen LogP contribution >= 0.6 is 11.3 Å². The van der Waals surface area contributed by atoms with Crippen molar-refractivity contribution in [2.75, 3.05) is 0 Å². The maximum absolute atomic E-state index is 11.7. The second-order valence-electron chi connectivity index (χ2n) is 12.0. The summed E-state index contributed by atoms with van der Waals surface area (Å²) in [5.74, 6) is 1.68. The first-order chi connectivity index (χ1) is 21.8. The molecule has 0 spiro atoms. The third-order valence-electron chi connectivity index (χ3n) is 8.73. The van der Waals surface area contributed by atoms with Crippen LogP contribution in [0.1, 0.15) is 79.0 Å². The van der Waals surface area contributed by atoms with Crippen LogP contribution in [0.4, 0.5) is 0 Å². The molecule has 0 amide bonds. The van der Waals surface area contributed by atoms with Gasteiger partial charge in [-0.1, -0.05) is 95.5 Å². The van der Waals surface area contributed by atoms with E-state index in [-0.39, 0.29) is 49.4 Å². The van der Waals surface area contributed by atoms with Gasteiger partial charge in [-0.3, -0.25) is 9.78 Å². The van der Waals surface area contributed by atoms with E-state index < -0.39 is 0 Å². The SMILES string of the molecule is CC(C)c1nc(-c2[c-]cc3ccccc3c2)c2sc3cc4ccccc4cc3c2n1.CCC(CC)C(=O)/C=C(\O)C(CC)CC.[Ir]. The number of hydrogen-bond acceptors (Lipinski definition) is 5. The van der Waals surface area contributed by atoms with Gasteiger partial charge in [0, 0.05) is 64.4 Å². The maximum atomic E-state index is 11.7. The molecule has 1 N–H and O–H groups in total. The predicted octanol–water partition coefficient (Wildman–Crippen LogP) is 11.6. The van der Waals surface area contributed by atoms with Gasteiger partial charge in [0.15, 0.2) is 5.78 Å². The van der Waals surface area contributed by atoms with Gasteiger partial charge < -0.3 is 5.11 Å². The number of hydrogen-bond donors (Lipinski definition) is 1. The van der Waals surface area contributed by atoms with Crippen LogP contribution in [0, 0.1) is 17.9 Å². The zero-order valence-corrected chi connectivity index (χ0v) is 30.8. The number of ketones is 1. The minimum absolute atomic E-state index is 0. The monoisotopic (exact) mass is 808 g/mol. The molecule has 0 unspecified atom stereocenters. The van der Waals surface area contributed by atoms with Crippen molar-refractivity contribution in [1.29, 1.82) is 0 Å². The van der Waals surface area contributed by atoms with Crippen LogP contribution in [0.5, 0.6) is 0 Å². The van der Waals surface area contributed by atoms with Crippen molar-refractivity contribution in [3.8, 4) is 11.3 Å². The van der Waals surface area contributed by atoms with Crippen molar-refractivity contribution >= 4 is 59.0 Å². The second kappa shape index (κ2) is 15.9. The van der Waals surface area contributed by atoms with Gasteiger partial charge in [0.2, 0.25) is 0 Å². The van der Waals surface area contributed by atoms with E-state index in [0.29, 0.717) is 0 Å². The van der Waals surface area contributed by atoms with Gasteiger partial charge in [0.1, 0.15) is 5.82 Å². The standard InChI is InChI=1S/C27H19N2S.C13H24O2.Ir/c1-16(2)27-28-24(21-12-11-17-7-3-4-8-18(17)13-21)26-25(29-27)22-14-19-9-5-6-10-20(19)15-23(22)30-26;1-5-10(6-2)12(14)9-13(15)11(7-3)8-4;/h3-11,13-16H,1-2H3;9-11,14H,5-8H2,1-4H3;/q-1;;/b;12-9-;. The Bertz CT molecular complexity index is 1990. The van der Waals surface area contributed by atoms with Crippen LogP contribution < -0.4 is 0 Å². The molecule has 0 aliphatic heterocycles. The van der Waals surface area contributed by atoms with Gasteiger partial charge in [-0.2, -0.15) is 0 Å². The van der Waals surface area contributed by atoms with Crippen LogP contribution in [0.25, 0.3) is 53.1 Å². The van der Waals surface area contributed by atoms with Crippen LogP contribution in [0.15, 0.2) is 84.6 Å². The summed E-state index contributed by atoms with van der Waals surface area (Å²) < 4.78 is 2.39. The molecule has 0 bridgehead atoms. The Labute approximate surface area is 290 Å². The molecule has 0 atom stereocenters. The fourth-order valence-corrected chi connectivity index (χ4v) is 7.01. The van der Waals surface area contributed by atoms with E-state index in [0.717, 1.165) is 53.0 Å². The number of carbonyl (C=O) groups is 1. The molecule has 2 aromatic heterocycles. The van der Waals surface area contributed by atoms with E-state index in [2.05, 4.69) is 92.7 Å². The van der Waals surface area contributed by atoms with Crippen molar-refractivity contribution in [3.05, 3.63) is 96.5 Å². The number of nitrogens with zero attached hydrogens (tertiary/aromatic N) is 2. The van der Waals surface area contributed by atoms with Crippen LogP contribution in [-0.2, 0) is 24.9 Å². The molecular formula is C40H43IrN2O2S-. The first kappa shape index (κ1) is 35.4. The summed E-state index contributed by atoms with van der Waals surface area (Å²) in [6, 6.07) is 29.2. The molecule has 0 saturated carbocycles. The molecule has 1 radical (unpaired) electrons. The molecule has 46 heavy (non-hydrogen) atoms. The van der Waals surface area contributed by atoms with Crippen LogP contribution in [0.3, 0.4) is 0 Å².